The highest BCUT2D eigenvalue weighted by Crippen LogP contribution is 2.04. The molecule has 14 heavy (non-hydrogen) atoms. The minimum atomic E-state index is 0.599. The van der Waals surface area contributed by atoms with E-state index in [9.17, 15) is 0 Å². The molecule has 0 rings (SSSR count). The van der Waals surface area contributed by atoms with E-state index in [1.54, 1.807) is 0 Å². The van der Waals surface area contributed by atoms with Crippen LogP contribution < -0.4 is 0 Å². The molecule has 0 radical (unpaired) electrons. The van der Waals surface area contributed by atoms with Crippen LogP contribution in [0.4, 0.5) is 0 Å². The van der Waals surface area contributed by atoms with Crippen molar-refractivity contribution in [1.82, 2.24) is 4.90 Å². The Labute approximate surface area is 88.9 Å². The summed E-state index contributed by atoms with van der Waals surface area (Å²) in [5.41, 5.74) is 0. The molecule has 0 aliphatic heterocycles. The van der Waals surface area contributed by atoms with E-state index in [0.29, 0.717) is 6.54 Å². The summed E-state index contributed by atoms with van der Waals surface area (Å²) in [6, 6.07) is 2.23. The molecule has 2 heteroatoms. The molecule has 82 valence electrons. The average molecular weight is 196 g/mol. The van der Waals surface area contributed by atoms with Gasteiger partial charge in [0.1, 0.15) is 0 Å². The number of hydrogen-bond acceptors (Lipinski definition) is 2. The van der Waals surface area contributed by atoms with Crippen LogP contribution in [0.25, 0.3) is 0 Å². The van der Waals surface area contributed by atoms with E-state index in [-0.39, 0.29) is 0 Å². The van der Waals surface area contributed by atoms with Crippen LogP contribution in [0.3, 0.4) is 0 Å². The molecule has 0 N–H and O–H groups in total. The molecule has 0 fully saturated rings. The summed E-state index contributed by atoms with van der Waals surface area (Å²) in [6.45, 7) is 7.18. The van der Waals surface area contributed by atoms with E-state index in [2.05, 4.69) is 24.8 Å². The Bertz CT molecular complexity index is 149. The highest BCUT2D eigenvalue weighted by atomic mass is 15.1. The molecule has 0 atom stereocenters. The van der Waals surface area contributed by atoms with Crippen LogP contribution in [0.2, 0.25) is 0 Å². The third-order valence-electron chi connectivity index (χ3n) is 2.41. The molecule has 0 bridgehead atoms. The van der Waals surface area contributed by atoms with Gasteiger partial charge in [0.25, 0.3) is 0 Å². The van der Waals surface area contributed by atoms with Crippen molar-refractivity contribution in [2.24, 2.45) is 0 Å². The summed E-state index contributed by atoms with van der Waals surface area (Å²) in [6.07, 6.45) is 7.73. The minimum absolute atomic E-state index is 0.599. The SMILES string of the molecule is CCCCCCCN(CC#N)CCC. The second-order valence-corrected chi connectivity index (χ2v) is 3.85. The molecular formula is C12H24N2. The molecule has 0 unspecified atom stereocenters. The van der Waals surface area contributed by atoms with Crippen molar-refractivity contribution in [1.29, 1.82) is 5.26 Å². The van der Waals surface area contributed by atoms with Gasteiger partial charge >= 0.3 is 0 Å². The number of nitrogens with zero attached hydrogens (tertiary/aromatic N) is 2. The zero-order valence-corrected chi connectivity index (χ0v) is 9.76. The number of rotatable bonds is 9. The lowest BCUT2D eigenvalue weighted by molar-refractivity contribution is 0.297. The van der Waals surface area contributed by atoms with Crippen molar-refractivity contribution < 1.29 is 0 Å². The van der Waals surface area contributed by atoms with Gasteiger partial charge in [-0.05, 0) is 25.9 Å². The van der Waals surface area contributed by atoms with Crippen LogP contribution >= 0.6 is 0 Å². The Morgan fingerprint density at radius 1 is 0.929 bits per heavy atom. The molecular weight excluding hydrogens is 172 g/mol. The fraction of sp³-hybridized carbons (Fsp3) is 0.917. The van der Waals surface area contributed by atoms with Gasteiger partial charge in [0.15, 0.2) is 0 Å². The van der Waals surface area contributed by atoms with Gasteiger partial charge in [0.2, 0.25) is 0 Å². The van der Waals surface area contributed by atoms with Crippen LogP contribution in [0.5, 0.6) is 0 Å². The second kappa shape index (κ2) is 10.5. The van der Waals surface area contributed by atoms with Crippen LogP contribution in [0, 0.1) is 11.3 Å². The van der Waals surface area contributed by atoms with Gasteiger partial charge < -0.3 is 0 Å². The largest absolute Gasteiger partial charge is 0.291 e. The topological polar surface area (TPSA) is 27.0 Å². The first kappa shape index (κ1) is 13.4. The summed E-state index contributed by atoms with van der Waals surface area (Å²) in [7, 11) is 0. The minimum Gasteiger partial charge on any atom is -0.291 e. The maximum absolute atomic E-state index is 8.61. The van der Waals surface area contributed by atoms with Gasteiger partial charge in [-0.3, -0.25) is 4.90 Å². The van der Waals surface area contributed by atoms with Gasteiger partial charge in [-0.25, -0.2) is 0 Å². The Hall–Kier alpha value is -0.550. The van der Waals surface area contributed by atoms with Crippen molar-refractivity contribution in [2.45, 2.75) is 52.4 Å². The monoisotopic (exact) mass is 196 g/mol. The molecule has 0 aromatic carbocycles. The van der Waals surface area contributed by atoms with Gasteiger partial charge in [-0.2, -0.15) is 5.26 Å². The van der Waals surface area contributed by atoms with E-state index in [1.807, 2.05) is 0 Å². The predicted octanol–water partition coefficient (Wildman–Crippen LogP) is 3.19. The van der Waals surface area contributed by atoms with E-state index in [1.165, 1.54) is 32.1 Å². The lowest BCUT2D eigenvalue weighted by atomic mass is 10.1. The molecule has 0 spiro atoms. The maximum Gasteiger partial charge on any atom is 0.0865 e. The zero-order valence-electron chi connectivity index (χ0n) is 9.76. The summed E-state index contributed by atoms with van der Waals surface area (Å²) in [4.78, 5) is 2.26. The smallest absolute Gasteiger partial charge is 0.0865 e. The van der Waals surface area contributed by atoms with E-state index >= 15 is 0 Å². The van der Waals surface area contributed by atoms with Gasteiger partial charge in [-0.15, -0.1) is 0 Å². The van der Waals surface area contributed by atoms with Gasteiger partial charge in [0.05, 0.1) is 12.6 Å². The number of hydrogen-bond donors (Lipinski definition) is 0. The van der Waals surface area contributed by atoms with Crippen LogP contribution in [-0.2, 0) is 0 Å². The van der Waals surface area contributed by atoms with Crippen LogP contribution in [0.15, 0.2) is 0 Å². The van der Waals surface area contributed by atoms with E-state index < -0.39 is 0 Å². The van der Waals surface area contributed by atoms with Crippen molar-refractivity contribution >= 4 is 0 Å². The molecule has 0 aliphatic rings. The normalized spacial score (nSPS) is 10.4. The summed E-state index contributed by atoms with van der Waals surface area (Å²) in [5, 5.41) is 8.61. The van der Waals surface area contributed by atoms with Gasteiger partial charge in [-0.1, -0.05) is 39.5 Å². The highest BCUT2D eigenvalue weighted by Gasteiger charge is 2.01. The first-order chi connectivity index (χ1) is 6.85. The van der Waals surface area contributed by atoms with Crippen molar-refractivity contribution in [3.8, 4) is 6.07 Å². The molecule has 0 saturated carbocycles. The van der Waals surface area contributed by atoms with E-state index in [0.717, 1.165) is 19.5 Å². The molecule has 0 aliphatic carbocycles. The molecule has 0 heterocycles. The Kier molecular flexibility index (Phi) is 10.1. The molecule has 2 nitrogen and oxygen atoms in total. The standard InChI is InChI=1S/C12H24N2/c1-3-5-6-7-8-11-14(10-4-2)12-9-13/h3-8,10-12H2,1-2H3. The maximum atomic E-state index is 8.61. The Morgan fingerprint density at radius 3 is 2.21 bits per heavy atom. The summed E-state index contributed by atoms with van der Waals surface area (Å²) in [5.74, 6) is 0. The first-order valence-electron chi connectivity index (χ1n) is 5.94. The average Bonchev–Trinajstić information content (AvgIpc) is 2.18. The zero-order chi connectivity index (χ0) is 10.6. The lowest BCUT2D eigenvalue weighted by Crippen LogP contribution is -2.26. The number of unbranched alkanes of at least 4 members (excludes halogenated alkanes) is 4. The predicted molar refractivity (Wildman–Crippen MR) is 61.1 cm³/mol. The fourth-order valence-corrected chi connectivity index (χ4v) is 1.63. The van der Waals surface area contributed by atoms with Gasteiger partial charge in [0, 0.05) is 0 Å². The lowest BCUT2D eigenvalue weighted by Gasteiger charge is -2.17. The molecule has 0 aromatic rings. The number of nitriles is 1. The van der Waals surface area contributed by atoms with Crippen molar-refractivity contribution in [3.63, 3.8) is 0 Å². The first-order valence-corrected chi connectivity index (χ1v) is 5.94. The third kappa shape index (κ3) is 8.07. The molecule has 0 saturated heterocycles. The van der Waals surface area contributed by atoms with E-state index in [4.69, 9.17) is 5.26 Å². The fourth-order valence-electron chi connectivity index (χ4n) is 1.63. The highest BCUT2D eigenvalue weighted by molar-refractivity contribution is 4.75. The van der Waals surface area contributed by atoms with Crippen LogP contribution in [-0.4, -0.2) is 24.5 Å². The Morgan fingerprint density at radius 2 is 1.64 bits per heavy atom. The summed E-state index contributed by atoms with van der Waals surface area (Å²) >= 11 is 0. The quantitative estimate of drug-likeness (QED) is 0.418. The molecule has 0 aromatic heterocycles. The third-order valence-corrected chi connectivity index (χ3v) is 2.41. The molecule has 0 amide bonds. The Balaban J connectivity index is 3.36. The van der Waals surface area contributed by atoms with Crippen molar-refractivity contribution in [3.05, 3.63) is 0 Å². The van der Waals surface area contributed by atoms with Crippen LogP contribution in [0.1, 0.15) is 52.4 Å². The summed E-state index contributed by atoms with van der Waals surface area (Å²) < 4.78 is 0. The second-order valence-electron chi connectivity index (χ2n) is 3.85. The van der Waals surface area contributed by atoms with Crippen molar-refractivity contribution in [2.75, 3.05) is 19.6 Å².